The van der Waals surface area contributed by atoms with E-state index in [2.05, 4.69) is 23.8 Å². The van der Waals surface area contributed by atoms with Gasteiger partial charge in [-0.1, -0.05) is 52.4 Å². The van der Waals surface area contributed by atoms with Gasteiger partial charge in [0.2, 0.25) is 0 Å². The molecule has 0 atom stereocenters. The fraction of sp³-hybridized carbons (Fsp3) is 0.545. The number of aromatic nitrogens is 2. The van der Waals surface area contributed by atoms with Crippen LogP contribution < -0.4 is 9.47 Å². The number of unbranched alkanes of at least 4 members (excludes halogenated alkanes) is 6. The molecule has 0 unspecified atom stereocenters. The van der Waals surface area contributed by atoms with E-state index in [1.165, 1.54) is 38.5 Å². The van der Waals surface area contributed by atoms with E-state index in [1.54, 1.807) is 12.4 Å². The number of hydrogen-bond acceptors (Lipinski definition) is 4. The Balaban J connectivity index is 1.77. The Bertz CT molecular complexity index is 541. The van der Waals surface area contributed by atoms with E-state index >= 15 is 0 Å². The second-order valence-electron chi connectivity index (χ2n) is 6.58. The van der Waals surface area contributed by atoms with E-state index in [9.17, 15) is 0 Å². The first-order valence-corrected chi connectivity index (χ1v) is 10.0. The van der Waals surface area contributed by atoms with Crippen LogP contribution in [-0.4, -0.2) is 23.2 Å². The van der Waals surface area contributed by atoms with Crippen LogP contribution >= 0.6 is 0 Å². The standard InChI is InChI=1S/C22H32N2O2/c1-3-5-7-9-15-25-20-13-11-19(12-14-20)22-23-17-21(18-24-22)26-16-10-8-6-4-2/h11-14,17-18H,3-10,15-16H2,1-2H3. The number of ether oxygens (including phenoxy) is 2. The van der Waals surface area contributed by atoms with E-state index in [1.807, 2.05) is 24.3 Å². The molecule has 142 valence electrons. The number of benzene rings is 1. The lowest BCUT2D eigenvalue weighted by atomic mass is 10.2. The van der Waals surface area contributed by atoms with Gasteiger partial charge < -0.3 is 9.47 Å². The van der Waals surface area contributed by atoms with Crippen LogP contribution in [0.15, 0.2) is 36.7 Å². The average molecular weight is 357 g/mol. The lowest BCUT2D eigenvalue weighted by Gasteiger charge is -2.08. The van der Waals surface area contributed by atoms with Crippen LogP contribution in [0.2, 0.25) is 0 Å². The molecule has 1 aromatic carbocycles. The van der Waals surface area contributed by atoms with Crippen molar-refractivity contribution >= 4 is 0 Å². The van der Waals surface area contributed by atoms with Crippen molar-refractivity contribution in [2.45, 2.75) is 65.2 Å². The van der Waals surface area contributed by atoms with Gasteiger partial charge in [-0.2, -0.15) is 0 Å². The number of hydrogen-bond donors (Lipinski definition) is 0. The third-order valence-electron chi connectivity index (χ3n) is 4.27. The highest BCUT2D eigenvalue weighted by Crippen LogP contribution is 2.20. The van der Waals surface area contributed by atoms with E-state index in [0.717, 1.165) is 43.1 Å². The van der Waals surface area contributed by atoms with Crippen LogP contribution in [0.4, 0.5) is 0 Å². The monoisotopic (exact) mass is 356 g/mol. The Morgan fingerprint density at radius 3 is 1.73 bits per heavy atom. The van der Waals surface area contributed by atoms with Gasteiger partial charge in [0, 0.05) is 5.56 Å². The normalized spacial score (nSPS) is 10.7. The fourth-order valence-electron chi connectivity index (χ4n) is 2.68. The summed E-state index contributed by atoms with van der Waals surface area (Å²) >= 11 is 0. The maximum Gasteiger partial charge on any atom is 0.159 e. The Morgan fingerprint density at radius 1 is 0.654 bits per heavy atom. The molecular weight excluding hydrogens is 324 g/mol. The molecule has 0 bridgehead atoms. The zero-order valence-electron chi connectivity index (χ0n) is 16.2. The summed E-state index contributed by atoms with van der Waals surface area (Å²) in [5.74, 6) is 2.34. The predicted molar refractivity (Wildman–Crippen MR) is 107 cm³/mol. The van der Waals surface area contributed by atoms with E-state index in [4.69, 9.17) is 9.47 Å². The topological polar surface area (TPSA) is 44.2 Å². The van der Waals surface area contributed by atoms with Gasteiger partial charge in [-0.25, -0.2) is 9.97 Å². The molecule has 26 heavy (non-hydrogen) atoms. The summed E-state index contributed by atoms with van der Waals surface area (Å²) in [4.78, 5) is 8.83. The third kappa shape index (κ3) is 7.42. The van der Waals surface area contributed by atoms with Crippen LogP contribution in [-0.2, 0) is 0 Å². The van der Waals surface area contributed by atoms with E-state index in [0.29, 0.717) is 5.82 Å². The maximum absolute atomic E-state index is 5.77. The zero-order valence-corrected chi connectivity index (χ0v) is 16.2. The molecule has 0 fully saturated rings. The Hall–Kier alpha value is -2.10. The number of nitrogens with zero attached hydrogens (tertiary/aromatic N) is 2. The summed E-state index contributed by atoms with van der Waals surface area (Å²) in [6.07, 6.45) is 13.2. The predicted octanol–water partition coefficient (Wildman–Crippen LogP) is 6.06. The summed E-state index contributed by atoms with van der Waals surface area (Å²) in [7, 11) is 0. The zero-order chi connectivity index (χ0) is 18.5. The Morgan fingerprint density at radius 2 is 1.19 bits per heavy atom. The van der Waals surface area contributed by atoms with Crippen LogP contribution in [0, 0.1) is 0 Å². The van der Waals surface area contributed by atoms with Gasteiger partial charge in [0.25, 0.3) is 0 Å². The first kappa shape index (κ1) is 20.2. The highest BCUT2D eigenvalue weighted by molar-refractivity contribution is 5.56. The van der Waals surface area contributed by atoms with E-state index < -0.39 is 0 Å². The molecule has 0 aliphatic heterocycles. The summed E-state index contributed by atoms with van der Waals surface area (Å²) in [5.41, 5.74) is 0.984. The molecule has 2 aromatic rings. The van der Waals surface area contributed by atoms with Gasteiger partial charge in [0.15, 0.2) is 11.6 Å². The van der Waals surface area contributed by atoms with Crippen molar-refractivity contribution in [3.8, 4) is 22.9 Å². The highest BCUT2D eigenvalue weighted by atomic mass is 16.5. The minimum Gasteiger partial charge on any atom is -0.494 e. The first-order valence-electron chi connectivity index (χ1n) is 10.0. The molecule has 0 N–H and O–H groups in total. The molecule has 0 amide bonds. The molecule has 4 nitrogen and oxygen atoms in total. The lowest BCUT2D eigenvalue weighted by Crippen LogP contribution is -1.99. The maximum atomic E-state index is 5.77. The molecule has 2 rings (SSSR count). The molecule has 0 spiro atoms. The highest BCUT2D eigenvalue weighted by Gasteiger charge is 2.03. The Labute approximate surface area is 158 Å². The molecule has 0 aliphatic carbocycles. The lowest BCUT2D eigenvalue weighted by molar-refractivity contribution is 0.302. The van der Waals surface area contributed by atoms with Crippen LogP contribution in [0.5, 0.6) is 11.5 Å². The van der Waals surface area contributed by atoms with Crippen molar-refractivity contribution in [1.82, 2.24) is 9.97 Å². The largest absolute Gasteiger partial charge is 0.494 e. The van der Waals surface area contributed by atoms with E-state index in [-0.39, 0.29) is 0 Å². The SMILES string of the molecule is CCCCCCOc1ccc(-c2ncc(OCCCCCC)cn2)cc1. The fourth-order valence-corrected chi connectivity index (χ4v) is 2.68. The smallest absolute Gasteiger partial charge is 0.159 e. The quantitative estimate of drug-likeness (QED) is 0.409. The van der Waals surface area contributed by atoms with Gasteiger partial charge in [0.1, 0.15) is 5.75 Å². The summed E-state index contributed by atoms with van der Waals surface area (Å²) in [6, 6.07) is 7.97. The molecule has 1 heterocycles. The molecular formula is C22H32N2O2. The van der Waals surface area contributed by atoms with Crippen LogP contribution in [0.1, 0.15) is 65.2 Å². The van der Waals surface area contributed by atoms with Crippen molar-refractivity contribution < 1.29 is 9.47 Å². The summed E-state index contributed by atoms with van der Waals surface area (Å²) < 4.78 is 11.5. The minimum atomic E-state index is 0.706. The van der Waals surface area contributed by atoms with Crippen molar-refractivity contribution in [2.75, 3.05) is 13.2 Å². The molecule has 1 aromatic heterocycles. The molecule has 0 saturated heterocycles. The molecule has 0 radical (unpaired) electrons. The van der Waals surface area contributed by atoms with Gasteiger partial charge in [0.05, 0.1) is 25.6 Å². The van der Waals surface area contributed by atoms with Gasteiger partial charge in [-0.05, 0) is 37.1 Å². The summed E-state index contributed by atoms with van der Waals surface area (Å²) in [5, 5.41) is 0. The second-order valence-corrected chi connectivity index (χ2v) is 6.58. The van der Waals surface area contributed by atoms with Crippen molar-refractivity contribution in [3.63, 3.8) is 0 Å². The molecule has 0 saturated carbocycles. The minimum absolute atomic E-state index is 0.706. The third-order valence-corrected chi connectivity index (χ3v) is 4.27. The van der Waals surface area contributed by atoms with Gasteiger partial charge in [-0.15, -0.1) is 0 Å². The first-order chi connectivity index (χ1) is 12.8. The van der Waals surface area contributed by atoms with Crippen LogP contribution in [0.25, 0.3) is 11.4 Å². The molecule has 4 heteroatoms. The second kappa shape index (κ2) is 12.3. The van der Waals surface area contributed by atoms with Crippen LogP contribution in [0.3, 0.4) is 0 Å². The Kier molecular flexibility index (Phi) is 9.55. The van der Waals surface area contributed by atoms with Crippen molar-refractivity contribution in [1.29, 1.82) is 0 Å². The molecule has 0 aliphatic rings. The summed E-state index contributed by atoms with van der Waals surface area (Å²) in [6.45, 7) is 5.93. The van der Waals surface area contributed by atoms with Gasteiger partial charge in [-0.3, -0.25) is 0 Å². The average Bonchev–Trinajstić information content (AvgIpc) is 2.69. The van der Waals surface area contributed by atoms with Crippen molar-refractivity contribution in [2.24, 2.45) is 0 Å². The number of rotatable bonds is 13. The van der Waals surface area contributed by atoms with Crippen molar-refractivity contribution in [3.05, 3.63) is 36.7 Å². The van der Waals surface area contributed by atoms with Gasteiger partial charge >= 0.3 is 0 Å².